The van der Waals surface area contributed by atoms with E-state index in [1.807, 2.05) is 24.4 Å². The summed E-state index contributed by atoms with van der Waals surface area (Å²) in [7, 11) is 0. The Morgan fingerprint density at radius 2 is 2.13 bits per heavy atom. The summed E-state index contributed by atoms with van der Waals surface area (Å²) in [6.07, 6.45) is 4.18. The van der Waals surface area contributed by atoms with Gasteiger partial charge in [-0.2, -0.15) is 0 Å². The fraction of sp³-hybridized carbons (Fsp3) is 0.250. The number of aromatic nitrogens is 1. The molecular formula is C12H14N2O. The maximum Gasteiger partial charge on any atom is 0.217 e. The average Bonchev–Trinajstić information content (AvgIpc) is 2.62. The molecule has 0 fully saturated rings. The Labute approximate surface area is 88.3 Å². The number of benzene rings is 1. The Bertz CT molecular complexity index is 473. The first-order valence-electron chi connectivity index (χ1n) is 5.10. The SMILES string of the molecule is NC(=O)CCCc1c[nH]c2ccccc12. The standard InChI is InChI=1S/C12H14N2O/c13-12(15)7-3-4-9-8-14-11-6-2-1-5-10(9)11/h1-2,5-6,8,14H,3-4,7H2,(H2,13,15). The zero-order chi connectivity index (χ0) is 10.7. The van der Waals surface area contributed by atoms with E-state index in [2.05, 4.69) is 11.1 Å². The Balaban J connectivity index is 2.11. The van der Waals surface area contributed by atoms with E-state index in [4.69, 9.17) is 5.73 Å². The van der Waals surface area contributed by atoms with Crippen molar-refractivity contribution in [2.24, 2.45) is 5.73 Å². The molecule has 1 aromatic carbocycles. The minimum Gasteiger partial charge on any atom is -0.370 e. The van der Waals surface area contributed by atoms with Crippen LogP contribution < -0.4 is 5.73 Å². The third-order valence-electron chi connectivity index (χ3n) is 2.54. The molecule has 3 N–H and O–H groups in total. The molecule has 0 saturated heterocycles. The first kappa shape index (κ1) is 9.77. The van der Waals surface area contributed by atoms with Gasteiger partial charge in [-0.25, -0.2) is 0 Å². The number of carbonyl (C=O) groups is 1. The van der Waals surface area contributed by atoms with Crippen LogP contribution in [0.4, 0.5) is 0 Å². The molecule has 2 aromatic rings. The Kier molecular flexibility index (Phi) is 2.72. The smallest absolute Gasteiger partial charge is 0.217 e. The van der Waals surface area contributed by atoms with Crippen molar-refractivity contribution < 1.29 is 4.79 Å². The number of amides is 1. The van der Waals surface area contributed by atoms with Gasteiger partial charge in [0.05, 0.1) is 0 Å². The molecule has 0 aliphatic heterocycles. The fourth-order valence-corrected chi connectivity index (χ4v) is 1.79. The summed E-state index contributed by atoms with van der Waals surface area (Å²) in [4.78, 5) is 13.8. The van der Waals surface area contributed by atoms with Gasteiger partial charge in [0.25, 0.3) is 0 Å². The van der Waals surface area contributed by atoms with Gasteiger partial charge in [0.1, 0.15) is 0 Å². The highest BCUT2D eigenvalue weighted by atomic mass is 16.1. The maximum absolute atomic E-state index is 10.6. The molecule has 0 aliphatic carbocycles. The summed E-state index contributed by atoms with van der Waals surface area (Å²) in [5.41, 5.74) is 7.50. The molecule has 0 bridgehead atoms. The van der Waals surface area contributed by atoms with Crippen LogP contribution in [0, 0.1) is 0 Å². The largest absolute Gasteiger partial charge is 0.370 e. The number of H-pyrrole nitrogens is 1. The molecule has 2 rings (SSSR count). The van der Waals surface area contributed by atoms with Crippen molar-refractivity contribution in [3.63, 3.8) is 0 Å². The van der Waals surface area contributed by atoms with Crippen molar-refractivity contribution in [2.45, 2.75) is 19.3 Å². The van der Waals surface area contributed by atoms with Gasteiger partial charge in [-0.05, 0) is 24.5 Å². The van der Waals surface area contributed by atoms with Gasteiger partial charge in [0, 0.05) is 23.5 Å². The second-order valence-electron chi connectivity index (χ2n) is 3.68. The van der Waals surface area contributed by atoms with Crippen LogP contribution in [0.5, 0.6) is 0 Å². The normalized spacial score (nSPS) is 10.7. The zero-order valence-electron chi connectivity index (χ0n) is 8.49. The van der Waals surface area contributed by atoms with Gasteiger partial charge in [0.2, 0.25) is 5.91 Å². The molecule has 15 heavy (non-hydrogen) atoms. The summed E-state index contributed by atoms with van der Waals surface area (Å²) in [5.74, 6) is -0.227. The molecule has 0 atom stereocenters. The van der Waals surface area contributed by atoms with Crippen LogP contribution in [0.15, 0.2) is 30.5 Å². The summed E-state index contributed by atoms with van der Waals surface area (Å²) in [6.45, 7) is 0. The summed E-state index contributed by atoms with van der Waals surface area (Å²) >= 11 is 0. The average molecular weight is 202 g/mol. The van der Waals surface area contributed by atoms with Crippen LogP contribution in [0.1, 0.15) is 18.4 Å². The number of carbonyl (C=O) groups excluding carboxylic acids is 1. The van der Waals surface area contributed by atoms with Crippen molar-refractivity contribution in [2.75, 3.05) is 0 Å². The van der Waals surface area contributed by atoms with Crippen LogP contribution >= 0.6 is 0 Å². The number of aryl methyl sites for hydroxylation is 1. The summed E-state index contributed by atoms with van der Waals surface area (Å²) in [6, 6.07) is 8.16. The highest BCUT2D eigenvalue weighted by molar-refractivity contribution is 5.83. The molecule has 0 radical (unpaired) electrons. The first-order valence-corrected chi connectivity index (χ1v) is 5.10. The van der Waals surface area contributed by atoms with Crippen molar-refractivity contribution >= 4 is 16.8 Å². The van der Waals surface area contributed by atoms with Gasteiger partial charge in [-0.15, -0.1) is 0 Å². The molecule has 0 saturated carbocycles. The third-order valence-corrected chi connectivity index (χ3v) is 2.54. The van der Waals surface area contributed by atoms with Crippen molar-refractivity contribution in [1.82, 2.24) is 4.98 Å². The van der Waals surface area contributed by atoms with Crippen molar-refractivity contribution in [3.8, 4) is 0 Å². The van der Waals surface area contributed by atoms with Crippen molar-refractivity contribution in [3.05, 3.63) is 36.0 Å². The van der Waals surface area contributed by atoms with E-state index >= 15 is 0 Å². The van der Waals surface area contributed by atoms with Crippen molar-refractivity contribution in [1.29, 1.82) is 0 Å². The minimum atomic E-state index is -0.227. The van der Waals surface area contributed by atoms with E-state index in [-0.39, 0.29) is 5.91 Å². The van der Waals surface area contributed by atoms with Crippen LogP contribution in [0.3, 0.4) is 0 Å². The molecular weight excluding hydrogens is 188 g/mol. The van der Waals surface area contributed by atoms with E-state index in [1.54, 1.807) is 0 Å². The second-order valence-corrected chi connectivity index (χ2v) is 3.68. The quantitative estimate of drug-likeness (QED) is 0.782. The third kappa shape index (κ3) is 2.18. The molecule has 0 unspecified atom stereocenters. The predicted octanol–water partition coefficient (Wildman–Crippen LogP) is 1.98. The molecule has 1 aromatic heterocycles. The monoisotopic (exact) mass is 202 g/mol. The number of fused-ring (bicyclic) bond motifs is 1. The number of hydrogen-bond donors (Lipinski definition) is 2. The lowest BCUT2D eigenvalue weighted by Crippen LogP contribution is -2.10. The number of nitrogens with one attached hydrogen (secondary N) is 1. The summed E-state index contributed by atoms with van der Waals surface area (Å²) in [5, 5.41) is 1.24. The highest BCUT2D eigenvalue weighted by Gasteiger charge is 2.03. The van der Waals surface area contributed by atoms with Gasteiger partial charge in [0.15, 0.2) is 0 Å². The van der Waals surface area contributed by atoms with Gasteiger partial charge in [-0.3, -0.25) is 4.79 Å². The second kappa shape index (κ2) is 4.17. The van der Waals surface area contributed by atoms with Crippen LogP contribution in [-0.4, -0.2) is 10.9 Å². The lowest BCUT2D eigenvalue weighted by molar-refractivity contribution is -0.118. The minimum absolute atomic E-state index is 0.227. The Morgan fingerprint density at radius 1 is 1.33 bits per heavy atom. The lowest BCUT2D eigenvalue weighted by Gasteiger charge is -1.97. The molecule has 1 amide bonds. The van der Waals surface area contributed by atoms with E-state index in [9.17, 15) is 4.79 Å². The number of hydrogen-bond acceptors (Lipinski definition) is 1. The number of para-hydroxylation sites is 1. The van der Waals surface area contributed by atoms with Crippen LogP contribution in [0.2, 0.25) is 0 Å². The highest BCUT2D eigenvalue weighted by Crippen LogP contribution is 2.19. The van der Waals surface area contributed by atoms with Crippen LogP contribution in [0.25, 0.3) is 10.9 Å². The maximum atomic E-state index is 10.6. The molecule has 78 valence electrons. The molecule has 1 heterocycles. The van der Waals surface area contributed by atoms with E-state index in [0.717, 1.165) is 18.4 Å². The van der Waals surface area contributed by atoms with Crippen LogP contribution in [-0.2, 0) is 11.2 Å². The molecule has 3 heteroatoms. The van der Waals surface area contributed by atoms with Gasteiger partial charge >= 0.3 is 0 Å². The number of rotatable bonds is 4. The first-order chi connectivity index (χ1) is 7.27. The molecule has 0 spiro atoms. The molecule has 3 nitrogen and oxygen atoms in total. The van der Waals surface area contributed by atoms with Gasteiger partial charge < -0.3 is 10.7 Å². The number of nitrogens with two attached hydrogens (primary N) is 1. The Morgan fingerprint density at radius 3 is 2.93 bits per heavy atom. The Hall–Kier alpha value is -1.77. The zero-order valence-corrected chi connectivity index (χ0v) is 8.49. The number of aromatic amines is 1. The summed E-state index contributed by atoms with van der Waals surface area (Å²) < 4.78 is 0. The van der Waals surface area contributed by atoms with E-state index in [1.165, 1.54) is 10.9 Å². The van der Waals surface area contributed by atoms with Gasteiger partial charge in [-0.1, -0.05) is 18.2 Å². The van der Waals surface area contributed by atoms with E-state index in [0.29, 0.717) is 6.42 Å². The predicted molar refractivity (Wildman–Crippen MR) is 60.4 cm³/mol. The van der Waals surface area contributed by atoms with E-state index < -0.39 is 0 Å². The topological polar surface area (TPSA) is 58.9 Å². The lowest BCUT2D eigenvalue weighted by atomic mass is 10.1. The number of primary amides is 1. The fourth-order valence-electron chi connectivity index (χ4n) is 1.79. The molecule has 0 aliphatic rings.